The van der Waals surface area contributed by atoms with Gasteiger partial charge in [-0.15, -0.1) is 0 Å². The van der Waals surface area contributed by atoms with Crippen LogP contribution in [0.5, 0.6) is 11.5 Å². The fourth-order valence-corrected chi connectivity index (χ4v) is 2.97. The highest BCUT2D eigenvalue weighted by molar-refractivity contribution is 7.92. The molecule has 3 rings (SSSR count). The lowest BCUT2D eigenvalue weighted by molar-refractivity contribution is 0.357. The van der Waals surface area contributed by atoms with Crippen molar-refractivity contribution in [2.45, 2.75) is 0 Å². The Bertz CT molecular complexity index is 1050. The van der Waals surface area contributed by atoms with Crippen LogP contribution in [0.3, 0.4) is 0 Å². The number of halogens is 1. The number of rotatable bonds is 5. The average molecular weight is 377 g/mol. The molecule has 0 saturated heterocycles. The van der Waals surface area contributed by atoms with Crippen LogP contribution in [0.15, 0.2) is 48.8 Å². The molecule has 2 aromatic carbocycles. The van der Waals surface area contributed by atoms with Gasteiger partial charge in [-0.1, -0.05) is 0 Å². The summed E-state index contributed by atoms with van der Waals surface area (Å²) >= 11 is 0. The van der Waals surface area contributed by atoms with E-state index in [1.165, 1.54) is 19.2 Å². The third-order valence-electron chi connectivity index (χ3n) is 3.60. The first-order valence-electron chi connectivity index (χ1n) is 7.46. The summed E-state index contributed by atoms with van der Waals surface area (Å²) in [6.45, 7) is 0. The molecule has 0 atom stereocenters. The van der Waals surface area contributed by atoms with E-state index in [1.54, 1.807) is 41.3 Å². The van der Waals surface area contributed by atoms with Crippen molar-refractivity contribution in [3.63, 3.8) is 0 Å². The van der Waals surface area contributed by atoms with E-state index in [-0.39, 0.29) is 5.75 Å². The zero-order chi connectivity index (χ0) is 18.9. The smallest absolute Gasteiger partial charge is 0.229 e. The molecule has 7 nitrogen and oxygen atoms in total. The van der Waals surface area contributed by atoms with E-state index in [4.69, 9.17) is 4.74 Å². The van der Waals surface area contributed by atoms with E-state index in [0.717, 1.165) is 6.26 Å². The monoisotopic (exact) mass is 377 g/mol. The lowest BCUT2D eigenvalue weighted by atomic mass is 10.1. The van der Waals surface area contributed by atoms with Crippen molar-refractivity contribution >= 4 is 15.7 Å². The first-order valence-corrected chi connectivity index (χ1v) is 9.36. The number of phenols is 1. The van der Waals surface area contributed by atoms with Crippen LogP contribution in [0.25, 0.3) is 16.8 Å². The summed E-state index contributed by atoms with van der Waals surface area (Å²) < 4.78 is 45.2. The zero-order valence-electron chi connectivity index (χ0n) is 14.0. The van der Waals surface area contributed by atoms with Gasteiger partial charge in [0.1, 0.15) is 0 Å². The van der Waals surface area contributed by atoms with Crippen molar-refractivity contribution in [2.75, 3.05) is 18.1 Å². The molecule has 2 N–H and O–H groups in total. The van der Waals surface area contributed by atoms with Crippen molar-refractivity contribution in [2.24, 2.45) is 0 Å². The molecule has 1 aromatic heterocycles. The number of aromatic hydroxyl groups is 1. The minimum Gasteiger partial charge on any atom is -0.502 e. The van der Waals surface area contributed by atoms with E-state index in [1.807, 2.05) is 0 Å². The van der Waals surface area contributed by atoms with Gasteiger partial charge in [-0.25, -0.2) is 17.5 Å². The van der Waals surface area contributed by atoms with Crippen LogP contribution in [0.1, 0.15) is 0 Å². The van der Waals surface area contributed by atoms with Crippen LogP contribution >= 0.6 is 0 Å². The first kappa shape index (κ1) is 17.7. The van der Waals surface area contributed by atoms with Gasteiger partial charge >= 0.3 is 0 Å². The quantitative estimate of drug-likeness (QED) is 0.713. The Morgan fingerprint density at radius 2 is 1.88 bits per heavy atom. The largest absolute Gasteiger partial charge is 0.502 e. The van der Waals surface area contributed by atoms with Crippen LogP contribution < -0.4 is 9.46 Å². The van der Waals surface area contributed by atoms with Crippen LogP contribution in [0, 0.1) is 5.82 Å². The molecule has 26 heavy (non-hydrogen) atoms. The summed E-state index contributed by atoms with van der Waals surface area (Å²) in [5.41, 5.74) is 2.26. The zero-order valence-corrected chi connectivity index (χ0v) is 14.8. The Morgan fingerprint density at radius 3 is 2.50 bits per heavy atom. The predicted octanol–water partition coefficient (Wildman–Crippen LogP) is 2.76. The molecule has 0 aliphatic heterocycles. The van der Waals surface area contributed by atoms with E-state index >= 15 is 0 Å². The molecule has 0 aliphatic carbocycles. The topological polar surface area (TPSA) is 93.5 Å². The highest BCUT2D eigenvalue weighted by Gasteiger charge is 2.13. The standard InChI is InChI=1S/C17H16FN3O4S/c1-25-16-8-11(7-15(18)17(16)22)12-9-19-21(10-12)14-5-3-13(4-6-14)20-26(2,23)24/h3-10,20,22H,1-2H3. The lowest BCUT2D eigenvalue weighted by Gasteiger charge is -2.07. The predicted molar refractivity (Wildman–Crippen MR) is 95.6 cm³/mol. The van der Waals surface area contributed by atoms with E-state index in [0.29, 0.717) is 22.5 Å². The minimum absolute atomic E-state index is 0.0314. The van der Waals surface area contributed by atoms with Crippen LogP contribution in [0.2, 0.25) is 0 Å². The summed E-state index contributed by atoms with van der Waals surface area (Å²) in [5.74, 6) is -1.30. The highest BCUT2D eigenvalue weighted by atomic mass is 32.2. The van der Waals surface area contributed by atoms with Gasteiger partial charge in [-0.3, -0.25) is 4.72 Å². The van der Waals surface area contributed by atoms with E-state index < -0.39 is 21.6 Å². The van der Waals surface area contributed by atoms with Gasteiger partial charge in [0.2, 0.25) is 10.0 Å². The van der Waals surface area contributed by atoms with Crippen LogP contribution in [-0.4, -0.2) is 36.7 Å². The Labute approximate surface area is 149 Å². The second-order valence-electron chi connectivity index (χ2n) is 5.60. The molecule has 1 heterocycles. The summed E-state index contributed by atoms with van der Waals surface area (Å²) in [7, 11) is -2.00. The second kappa shape index (κ2) is 6.68. The number of methoxy groups -OCH3 is 1. The molecule has 136 valence electrons. The number of phenolic OH excluding ortho intramolecular Hbond substituents is 1. The summed E-state index contributed by atoms with van der Waals surface area (Å²) in [6, 6.07) is 9.32. The summed E-state index contributed by atoms with van der Waals surface area (Å²) in [4.78, 5) is 0. The van der Waals surface area contributed by atoms with Crippen molar-refractivity contribution in [3.05, 3.63) is 54.6 Å². The van der Waals surface area contributed by atoms with Crippen molar-refractivity contribution in [3.8, 4) is 28.3 Å². The van der Waals surface area contributed by atoms with Crippen molar-refractivity contribution in [1.82, 2.24) is 9.78 Å². The lowest BCUT2D eigenvalue weighted by Crippen LogP contribution is -2.09. The first-order chi connectivity index (χ1) is 12.3. The Morgan fingerprint density at radius 1 is 1.19 bits per heavy atom. The number of sulfonamides is 1. The van der Waals surface area contributed by atoms with Crippen molar-refractivity contribution < 1.29 is 22.7 Å². The molecular weight excluding hydrogens is 361 g/mol. The highest BCUT2D eigenvalue weighted by Crippen LogP contribution is 2.34. The number of anilines is 1. The van der Waals surface area contributed by atoms with Gasteiger partial charge in [0, 0.05) is 17.4 Å². The molecule has 3 aromatic rings. The Hall–Kier alpha value is -3.07. The maximum atomic E-state index is 13.8. The third-order valence-corrected chi connectivity index (χ3v) is 4.21. The number of aromatic nitrogens is 2. The van der Waals surface area contributed by atoms with Gasteiger partial charge in [0.15, 0.2) is 17.3 Å². The minimum atomic E-state index is -3.34. The fraction of sp³-hybridized carbons (Fsp3) is 0.118. The molecule has 0 fully saturated rings. The second-order valence-corrected chi connectivity index (χ2v) is 7.35. The Kier molecular flexibility index (Phi) is 4.56. The van der Waals surface area contributed by atoms with Gasteiger partial charge < -0.3 is 9.84 Å². The maximum absolute atomic E-state index is 13.8. The summed E-state index contributed by atoms with van der Waals surface area (Å²) in [6.07, 6.45) is 4.31. The fourth-order valence-electron chi connectivity index (χ4n) is 2.41. The third kappa shape index (κ3) is 3.77. The van der Waals surface area contributed by atoms with Crippen molar-refractivity contribution in [1.29, 1.82) is 0 Å². The summed E-state index contributed by atoms with van der Waals surface area (Å²) in [5, 5.41) is 13.8. The molecule has 0 unspecified atom stereocenters. The molecule has 0 bridgehead atoms. The number of ether oxygens (including phenoxy) is 1. The van der Waals surface area contributed by atoms with Crippen LogP contribution in [0.4, 0.5) is 10.1 Å². The van der Waals surface area contributed by atoms with Crippen LogP contribution in [-0.2, 0) is 10.0 Å². The van der Waals surface area contributed by atoms with E-state index in [2.05, 4.69) is 9.82 Å². The molecule has 0 spiro atoms. The normalized spacial score (nSPS) is 11.3. The van der Waals surface area contributed by atoms with Gasteiger partial charge in [-0.05, 0) is 42.0 Å². The van der Waals surface area contributed by atoms with E-state index in [9.17, 15) is 17.9 Å². The molecule has 0 aliphatic rings. The number of hydrogen-bond donors (Lipinski definition) is 2. The number of benzene rings is 2. The number of nitrogens with one attached hydrogen (secondary N) is 1. The van der Waals surface area contributed by atoms with Gasteiger partial charge in [-0.2, -0.15) is 5.10 Å². The SMILES string of the molecule is COc1cc(-c2cnn(-c3ccc(NS(C)(=O)=O)cc3)c2)cc(F)c1O. The molecule has 9 heteroatoms. The van der Waals surface area contributed by atoms with Gasteiger partial charge in [0.25, 0.3) is 0 Å². The molecule has 0 amide bonds. The number of hydrogen-bond acceptors (Lipinski definition) is 5. The maximum Gasteiger partial charge on any atom is 0.229 e. The number of nitrogens with zero attached hydrogens (tertiary/aromatic N) is 2. The van der Waals surface area contributed by atoms with Gasteiger partial charge in [0.05, 0.1) is 25.2 Å². The molecule has 0 saturated carbocycles. The molecule has 0 radical (unpaired) electrons. The average Bonchev–Trinajstić information content (AvgIpc) is 3.06. The Balaban J connectivity index is 1.90. The molecular formula is C17H16FN3O4S.